The van der Waals surface area contributed by atoms with E-state index in [-0.39, 0.29) is 0 Å². The van der Waals surface area contributed by atoms with E-state index >= 15 is 0 Å². The molecule has 2 rings (SSSR count). The SMILES string of the molecule is Cc1ccc(CC(O)c2nccn2C)cc1C. The second-order valence-corrected chi connectivity index (χ2v) is 4.53. The highest BCUT2D eigenvalue weighted by Gasteiger charge is 2.13. The summed E-state index contributed by atoms with van der Waals surface area (Å²) in [6.07, 6.45) is 3.61. The van der Waals surface area contributed by atoms with Crippen LogP contribution in [-0.4, -0.2) is 14.7 Å². The fourth-order valence-electron chi connectivity index (χ4n) is 1.94. The van der Waals surface area contributed by atoms with Gasteiger partial charge in [-0.25, -0.2) is 4.98 Å². The van der Waals surface area contributed by atoms with Gasteiger partial charge < -0.3 is 9.67 Å². The first-order valence-corrected chi connectivity index (χ1v) is 5.79. The molecule has 2 aromatic rings. The van der Waals surface area contributed by atoms with Crippen LogP contribution in [0.15, 0.2) is 30.6 Å². The number of hydrogen-bond donors (Lipinski definition) is 1. The van der Waals surface area contributed by atoms with Crippen molar-refractivity contribution in [3.05, 3.63) is 53.1 Å². The molecule has 0 aliphatic rings. The van der Waals surface area contributed by atoms with Crippen molar-refractivity contribution in [2.45, 2.75) is 26.4 Å². The molecule has 1 aromatic carbocycles. The van der Waals surface area contributed by atoms with Gasteiger partial charge in [0.2, 0.25) is 0 Å². The van der Waals surface area contributed by atoms with Gasteiger partial charge in [0.25, 0.3) is 0 Å². The summed E-state index contributed by atoms with van der Waals surface area (Å²) in [5.41, 5.74) is 3.68. The van der Waals surface area contributed by atoms with Crippen molar-refractivity contribution in [1.82, 2.24) is 9.55 Å². The Morgan fingerprint density at radius 2 is 2.06 bits per heavy atom. The summed E-state index contributed by atoms with van der Waals surface area (Å²) in [5, 5.41) is 10.1. The Balaban J connectivity index is 2.16. The maximum Gasteiger partial charge on any atom is 0.137 e. The molecule has 0 saturated heterocycles. The minimum atomic E-state index is -0.544. The number of imidazole rings is 1. The molecule has 0 aliphatic carbocycles. The van der Waals surface area contributed by atoms with Gasteiger partial charge in [-0.2, -0.15) is 0 Å². The topological polar surface area (TPSA) is 38.1 Å². The molecule has 1 aromatic heterocycles. The number of aliphatic hydroxyl groups excluding tert-OH is 1. The van der Waals surface area contributed by atoms with Crippen molar-refractivity contribution < 1.29 is 5.11 Å². The van der Waals surface area contributed by atoms with E-state index in [1.807, 2.05) is 17.8 Å². The molecule has 1 atom stereocenters. The lowest BCUT2D eigenvalue weighted by atomic mass is 10.0. The van der Waals surface area contributed by atoms with Crippen LogP contribution in [0.25, 0.3) is 0 Å². The number of nitrogens with zero attached hydrogens (tertiary/aromatic N) is 2. The van der Waals surface area contributed by atoms with Crippen LogP contribution >= 0.6 is 0 Å². The molecule has 0 radical (unpaired) electrons. The molecule has 1 heterocycles. The number of aliphatic hydroxyl groups is 1. The molecule has 0 spiro atoms. The van der Waals surface area contributed by atoms with Gasteiger partial charge >= 0.3 is 0 Å². The molecule has 0 amide bonds. The predicted molar refractivity (Wildman–Crippen MR) is 67.8 cm³/mol. The van der Waals surface area contributed by atoms with Crippen molar-refractivity contribution in [3.8, 4) is 0 Å². The van der Waals surface area contributed by atoms with Gasteiger partial charge in [0.05, 0.1) is 0 Å². The maximum atomic E-state index is 10.1. The third kappa shape index (κ3) is 2.56. The Kier molecular flexibility index (Phi) is 3.29. The Morgan fingerprint density at radius 3 is 2.65 bits per heavy atom. The van der Waals surface area contributed by atoms with E-state index in [1.54, 1.807) is 6.20 Å². The minimum absolute atomic E-state index is 0.544. The van der Waals surface area contributed by atoms with Gasteiger partial charge in [-0.1, -0.05) is 18.2 Å². The van der Waals surface area contributed by atoms with Crippen molar-refractivity contribution in [2.24, 2.45) is 7.05 Å². The van der Waals surface area contributed by atoms with Crippen molar-refractivity contribution >= 4 is 0 Å². The molecule has 3 heteroatoms. The molecule has 0 fully saturated rings. The van der Waals surface area contributed by atoms with Gasteiger partial charge in [0, 0.05) is 25.9 Å². The van der Waals surface area contributed by atoms with Gasteiger partial charge in [0.1, 0.15) is 11.9 Å². The van der Waals surface area contributed by atoms with Gasteiger partial charge in [0.15, 0.2) is 0 Å². The standard InChI is InChI=1S/C14H18N2O/c1-10-4-5-12(8-11(10)2)9-13(17)14-15-6-7-16(14)3/h4-8,13,17H,9H2,1-3H3. The molecule has 0 saturated carbocycles. The highest BCUT2D eigenvalue weighted by molar-refractivity contribution is 5.30. The number of hydrogen-bond acceptors (Lipinski definition) is 2. The van der Waals surface area contributed by atoms with E-state index in [0.717, 1.165) is 5.56 Å². The van der Waals surface area contributed by atoms with E-state index in [2.05, 4.69) is 37.0 Å². The molecular formula is C14H18N2O. The van der Waals surface area contributed by atoms with Crippen LogP contribution in [-0.2, 0) is 13.5 Å². The van der Waals surface area contributed by atoms with Crippen LogP contribution < -0.4 is 0 Å². The largest absolute Gasteiger partial charge is 0.385 e. The average molecular weight is 230 g/mol. The van der Waals surface area contributed by atoms with E-state index < -0.39 is 6.10 Å². The number of aryl methyl sites for hydroxylation is 3. The summed E-state index contributed by atoms with van der Waals surface area (Å²) in [4.78, 5) is 4.16. The van der Waals surface area contributed by atoms with Crippen LogP contribution in [0.5, 0.6) is 0 Å². The fourth-order valence-corrected chi connectivity index (χ4v) is 1.94. The molecule has 0 aliphatic heterocycles. The van der Waals surface area contributed by atoms with Gasteiger partial charge in [-0.15, -0.1) is 0 Å². The smallest absolute Gasteiger partial charge is 0.137 e. The summed E-state index contributed by atoms with van der Waals surface area (Å²) < 4.78 is 1.85. The number of aromatic nitrogens is 2. The summed E-state index contributed by atoms with van der Waals surface area (Å²) >= 11 is 0. The Morgan fingerprint density at radius 1 is 1.29 bits per heavy atom. The maximum absolute atomic E-state index is 10.1. The van der Waals surface area contributed by atoms with Crippen molar-refractivity contribution in [3.63, 3.8) is 0 Å². The van der Waals surface area contributed by atoms with Crippen LogP contribution in [0.3, 0.4) is 0 Å². The highest BCUT2D eigenvalue weighted by Crippen LogP contribution is 2.18. The monoisotopic (exact) mass is 230 g/mol. The molecule has 3 nitrogen and oxygen atoms in total. The second-order valence-electron chi connectivity index (χ2n) is 4.53. The van der Waals surface area contributed by atoms with Gasteiger partial charge in [-0.3, -0.25) is 0 Å². The lowest BCUT2D eigenvalue weighted by Crippen LogP contribution is -2.08. The average Bonchev–Trinajstić information content (AvgIpc) is 2.70. The lowest BCUT2D eigenvalue weighted by Gasteiger charge is -2.11. The summed E-state index contributed by atoms with van der Waals surface area (Å²) in [7, 11) is 1.89. The van der Waals surface area contributed by atoms with Crippen LogP contribution in [0, 0.1) is 13.8 Å². The zero-order valence-electron chi connectivity index (χ0n) is 10.5. The first kappa shape index (κ1) is 11.9. The Labute approximate surface area is 102 Å². The van der Waals surface area contributed by atoms with Crippen LogP contribution in [0.4, 0.5) is 0 Å². The first-order chi connectivity index (χ1) is 8.08. The molecular weight excluding hydrogens is 212 g/mol. The molecule has 90 valence electrons. The number of benzene rings is 1. The van der Waals surface area contributed by atoms with Crippen molar-refractivity contribution in [1.29, 1.82) is 0 Å². The van der Waals surface area contributed by atoms with E-state index in [9.17, 15) is 5.11 Å². The van der Waals surface area contributed by atoms with E-state index in [1.165, 1.54) is 11.1 Å². The van der Waals surface area contributed by atoms with Crippen LogP contribution in [0.1, 0.15) is 28.6 Å². The third-order valence-electron chi connectivity index (χ3n) is 3.16. The number of rotatable bonds is 3. The predicted octanol–water partition coefficient (Wildman–Crippen LogP) is 2.31. The minimum Gasteiger partial charge on any atom is -0.385 e. The summed E-state index contributed by atoms with van der Waals surface area (Å²) in [6, 6.07) is 6.28. The van der Waals surface area contributed by atoms with Gasteiger partial charge in [-0.05, 0) is 30.5 Å². The third-order valence-corrected chi connectivity index (χ3v) is 3.16. The lowest BCUT2D eigenvalue weighted by molar-refractivity contribution is 0.165. The Hall–Kier alpha value is -1.61. The zero-order valence-corrected chi connectivity index (χ0v) is 10.5. The molecule has 17 heavy (non-hydrogen) atoms. The normalized spacial score (nSPS) is 12.7. The first-order valence-electron chi connectivity index (χ1n) is 5.79. The molecule has 0 bridgehead atoms. The molecule has 1 N–H and O–H groups in total. The highest BCUT2D eigenvalue weighted by atomic mass is 16.3. The van der Waals surface area contributed by atoms with Crippen LogP contribution in [0.2, 0.25) is 0 Å². The summed E-state index contributed by atoms with van der Waals surface area (Å²) in [5.74, 6) is 0.711. The summed E-state index contributed by atoms with van der Waals surface area (Å²) in [6.45, 7) is 4.18. The molecule has 1 unspecified atom stereocenters. The fraction of sp³-hybridized carbons (Fsp3) is 0.357. The van der Waals surface area contributed by atoms with Crippen molar-refractivity contribution in [2.75, 3.05) is 0 Å². The van der Waals surface area contributed by atoms with E-state index in [0.29, 0.717) is 12.2 Å². The Bertz CT molecular complexity index is 517. The second kappa shape index (κ2) is 4.72. The quantitative estimate of drug-likeness (QED) is 0.878. The van der Waals surface area contributed by atoms with E-state index in [4.69, 9.17) is 0 Å². The zero-order chi connectivity index (χ0) is 12.4.